The molecule has 0 N–H and O–H groups in total. The highest BCUT2D eigenvalue weighted by Gasteiger charge is 2.20. The molecule has 9 aromatic carbocycles. The van der Waals surface area contributed by atoms with Gasteiger partial charge in [-0.1, -0.05) is 127 Å². The zero-order chi connectivity index (χ0) is 41.9. The Labute approximate surface area is 366 Å². The Kier molecular flexibility index (Phi) is 7.33. The molecule has 14 rings (SSSR count). The Morgan fingerprint density at radius 2 is 0.625 bits per heavy atom. The van der Waals surface area contributed by atoms with Crippen LogP contribution in [0.25, 0.3) is 133 Å². The lowest BCUT2D eigenvalue weighted by molar-refractivity contribution is 0.668. The summed E-state index contributed by atoms with van der Waals surface area (Å²) in [6.07, 6.45) is 0. The van der Waals surface area contributed by atoms with E-state index in [9.17, 15) is 0 Å². The van der Waals surface area contributed by atoms with Crippen molar-refractivity contribution in [1.82, 2.24) is 14.1 Å². The van der Waals surface area contributed by atoms with Gasteiger partial charge in [-0.2, -0.15) is 0 Å². The Hall–Kier alpha value is -8.67. The number of hydrogen-bond donors (Lipinski definition) is 0. The number of furan rings is 2. The van der Waals surface area contributed by atoms with Gasteiger partial charge in [-0.05, 0) is 118 Å². The number of rotatable bonds is 5. The average Bonchev–Trinajstić information content (AvgIpc) is 4.11. The summed E-state index contributed by atoms with van der Waals surface area (Å²) in [5, 5.41) is 9.19. The summed E-state index contributed by atoms with van der Waals surface area (Å²) in [5.41, 5.74) is 14.8. The quantitative estimate of drug-likeness (QED) is 0.174. The molecule has 0 bridgehead atoms. The summed E-state index contributed by atoms with van der Waals surface area (Å²) in [7, 11) is 0. The van der Waals surface area contributed by atoms with Crippen LogP contribution in [0.1, 0.15) is 0 Å². The third kappa shape index (κ3) is 5.22. The van der Waals surface area contributed by atoms with Crippen LogP contribution in [0.15, 0.2) is 221 Å². The van der Waals surface area contributed by atoms with Crippen molar-refractivity contribution < 1.29 is 8.83 Å². The molecule has 0 spiro atoms. The van der Waals surface area contributed by atoms with Crippen molar-refractivity contribution in [2.24, 2.45) is 0 Å². The first-order valence-electron chi connectivity index (χ1n) is 21.7. The summed E-state index contributed by atoms with van der Waals surface area (Å²) < 4.78 is 17.0. The highest BCUT2D eigenvalue weighted by molar-refractivity contribution is 6.13. The van der Waals surface area contributed by atoms with Crippen LogP contribution in [0.4, 0.5) is 0 Å². The van der Waals surface area contributed by atoms with Crippen molar-refractivity contribution in [1.29, 1.82) is 0 Å². The molecule has 0 aliphatic rings. The van der Waals surface area contributed by atoms with Crippen LogP contribution in [0.2, 0.25) is 0 Å². The lowest BCUT2D eigenvalue weighted by Crippen LogP contribution is -2.04. The molecule has 5 heterocycles. The average molecular weight is 818 g/mol. The normalized spacial score (nSPS) is 12.1. The molecule has 0 aliphatic carbocycles. The second-order valence-electron chi connectivity index (χ2n) is 16.7. The molecule has 5 heteroatoms. The largest absolute Gasteiger partial charge is 0.456 e. The van der Waals surface area contributed by atoms with Gasteiger partial charge in [0.05, 0.1) is 22.1 Å². The van der Waals surface area contributed by atoms with E-state index in [1.807, 2.05) is 24.3 Å². The third-order valence-corrected chi connectivity index (χ3v) is 13.1. The Morgan fingerprint density at radius 1 is 0.250 bits per heavy atom. The molecule has 0 fully saturated rings. The molecule has 0 radical (unpaired) electrons. The van der Waals surface area contributed by atoms with Gasteiger partial charge in [0.2, 0.25) is 0 Å². The summed E-state index contributed by atoms with van der Waals surface area (Å²) in [6, 6.07) is 75.7. The minimum Gasteiger partial charge on any atom is -0.456 e. The first-order valence-corrected chi connectivity index (χ1v) is 21.7. The Morgan fingerprint density at radius 3 is 1.12 bits per heavy atom. The van der Waals surface area contributed by atoms with Crippen LogP contribution >= 0.6 is 0 Å². The maximum absolute atomic E-state index is 6.18. The molecule has 0 saturated carbocycles. The predicted octanol–water partition coefficient (Wildman–Crippen LogP) is 16.1. The van der Waals surface area contributed by atoms with E-state index in [0.717, 1.165) is 111 Å². The van der Waals surface area contributed by atoms with E-state index < -0.39 is 0 Å². The molecule has 5 nitrogen and oxygen atoms in total. The van der Waals surface area contributed by atoms with Crippen molar-refractivity contribution in [3.8, 4) is 45.0 Å². The molecular formula is C59H35N3O2. The molecular weight excluding hydrogens is 783 g/mol. The predicted molar refractivity (Wildman–Crippen MR) is 264 cm³/mol. The minimum absolute atomic E-state index is 0.852. The van der Waals surface area contributed by atoms with Crippen LogP contribution in [-0.2, 0) is 0 Å². The molecule has 0 amide bonds. The van der Waals surface area contributed by atoms with Gasteiger partial charge in [0, 0.05) is 43.1 Å². The van der Waals surface area contributed by atoms with Crippen LogP contribution in [0.5, 0.6) is 0 Å². The molecule has 5 aromatic heterocycles. The van der Waals surface area contributed by atoms with Gasteiger partial charge in [0.15, 0.2) is 0 Å². The fourth-order valence-corrected chi connectivity index (χ4v) is 10.1. The number of hydrogen-bond acceptors (Lipinski definition) is 3. The Bertz CT molecular complexity index is 3950. The van der Waals surface area contributed by atoms with Crippen LogP contribution in [0, 0.1) is 0 Å². The third-order valence-electron chi connectivity index (χ3n) is 13.1. The first-order chi connectivity index (χ1) is 31.7. The number of nitrogens with zero attached hydrogens (tertiary/aromatic N) is 3. The van der Waals surface area contributed by atoms with Crippen molar-refractivity contribution >= 4 is 87.5 Å². The number of aromatic nitrogens is 3. The number of para-hydroxylation sites is 4. The maximum atomic E-state index is 6.18. The van der Waals surface area contributed by atoms with E-state index in [-0.39, 0.29) is 0 Å². The molecule has 0 saturated heterocycles. The van der Waals surface area contributed by atoms with Crippen LogP contribution < -0.4 is 0 Å². The summed E-state index contributed by atoms with van der Waals surface area (Å²) in [6.45, 7) is 0. The van der Waals surface area contributed by atoms with Gasteiger partial charge >= 0.3 is 0 Å². The molecule has 14 aromatic rings. The fraction of sp³-hybridized carbons (Fsp3) is 0. The molecule has 0 unspecified atom stereocenters. The smallest absolute Gasteiger partial charge is 0.140 e. The monoisotopic (exact) mass is 817 g/mol. The highest BCUT2D eigenvalue weighted by atomic mass is 16.3. The molecule has 0 aliphatic heterocycles. The highest BCUT2D eigenvalue weighted by Crippen LogP contribution is 2.41. The second-order valence-corrected chi connectivity index (χ2v) is 16.7. The van der Waals surface area contributed by atoms with Crippen LogP contribution in [0.3, 0.4) is 0 Å². The number of pyridine rings is 1. The lowest BCUT2D eigenvalue weighted by Gasteiger charge is -2.15. The number of fused-ring (bicyclic) bond motifs is 12. The summed E-state index contributed by atoms with van der Waals surface area (Å²) >= 11 is 0. The summed E-state index contributed by atoms with van der Waals surface area (Å²) in [4.78, 5) is 5.63. The van der Waals surface area contributed by atoms with Gasteiger partial charge in [0.25, 0.3) is 0 Å². The van der Waals surface area contributed by atoms with E-state index in [1.165, 1.54) is 21.5 Å². The van der Waals surface area contributed by atoms with Crippen molar-refractivity contribution in [2.75, 3.05) is 0 Å². The van der Waals surface area contributed by atoms with Gasteiger partial charge < -0.3 is 8.83 Å². The van der Waals surface area contributed by atoms with Crippen molar-refractivity contribution in [3.05, 3.63) is 212 Å². The van der Waals surface area contributed by atoms with Gasteiger partial charge in [-0.3, -0.25) is 9.13 Å². The topological polar surface area (TPSA) is 49.0 Å². The van der Waals surface area contributed by atoms with Gasteiger partial charge in [-0.25, -0.2) is 4.98 Å². The van der Waals surface area contributed by atoms with E-state index in [2.05, 4.69) is 197 Å². The fourth-order valence-electron chi connectivity index (χ4n) is 10.1. The SMILES string of the molecule is c1ccc(-c2cc(-n3c4ccccc4c4cc(-c5ccc6oc7ccccc7c6c5)ccc43)nc(-n3c4ccccc4c4cc(-c5ccc6oc7ccccc7c6c5)ccc43)c2)cc1. The van der Waals surface area contributed by atoms with E-state index in [1.54, 1.807) is 0 Å². The molecule has 298 valence electrons. The zero-order valence-electron chi connectivity index (χ0n) is 34.4. The second kappa shape index (κ2) is 13.4. The minimum atomic E-state index is 0.852. The van der Waals surface area contributed by atoms with Gasteiger partial charge in [-0.15, -0.1) is 0 Å². The van der Waals surface area contributed by atoms with E-state index >= 15 is 0 Å². The molecule has 64 heavy (non-hydrogen) atoms. The van der Waals surface area contributed by atoms with E-state index in [4.69, 9.17) is 13.8 Å². The van der Waals surface area contributed by atoms with Crippen LogP contribution in [-0.4, -0.2) is 14.1 Å². The van der Waals surface area contributed by atoms with E-state index in [0.29, 0.717) is 0 Å². The maximum Gasteiger partial charge on any atom is 0.140 e. The zero-order valence-corrected chi connectivity index (χ0v) is 34.4. The molecule has 0 atom stereocenters. The van der Waals surface area contributed by atoms with Crippen molar-refractivity contribution in [3.63, 3.8) is 0 Å². The van der Waals surface area contributed by atoms with Crippen molar-refractivity contribution in [2.45, 2.75) is 0 Å². The standard InChI is InChI=1S/C59H35N3O2/c1-2-12-36(13-3-1)41-34-58(61-50-18-8-4-14-42(50)46-30-37(22-26-52(46)61)39-24-28-56-48(32-39)44-16-6-10-20-54(44)63-56)60-59(35-41)62-51-19-9-5-15-43(51)47-31-38(23-27-53(47)62)40-25-29-57-49(33-40)45-17-7-11-21-55(45)64-57/h1-35H. The lowest BCUT2D eigenvalue weighted by atomic mass is 10.0. The summed E-state index contributed by atoms with van der Waals surface area (Å²) in [5.74, 6) is 1.70. The first kappa shape index (κ1) is 35.0. The number of benzene rings is 9. The van der Waals surface area contributed by atoms with Gasteiger partial charge in [0.1, 0.15) is 34.0 Å². The Balaban J connectivity index is 0.966.